The number of hydrogen-bond acceptors (Lipinski definition) is 2. The van der Waals surface area contributed by atoms with Gasteiger partial charge in [-0.15, -0.1) is 0 Å². The zero-order valence-corrected chi connectivity index (χ0v) is 11.4. The van der Waals surface area contributed by atoms with Crippen LogP contribution in [0.5, 0.6) is 0 Å². The minimum Gasteiger partial charge on any atom is -0.476 e. The summed E-state index contributed by atoms with van der Waals surface area (Å²) in [5.74, 6) is -1.37. The molecule has 1 N–H and O–H groups in total. The highest BCUT2D eigenvalue weighted by atomic mass is 79.9. The van der Waals surface area contributed by atoms with E-state index in [2.05, 4.69) is 21.0 Å². The molecule has 19 heavy (non-hydrogen) atoms. The molecule has 1 heterocycles. The number of carboxylic acid groups (broad SMARTS) is 1. The summed E-state index contributed by atoms with van der Waals surface area (Å²) < 4.78 is 15.2. The Bertz CT molecular complexity index is 682. The summed E-state index contributed by atoms with van der Waals surface area (Å²) >= 11 is 3.13. The third kappa shape index (κ3) is 1.96. The van der Waals surface area contributed by atoms with Gasteiger partial charge in [-0.3, -0.25) is 0 Å². The van der Waals surface area contributed by atoms with Crippen LogP contribution in [-0.2, 0) is 12.8 Å². The number of benzene rings is 1. The molecule has 0 saturated carbocycles. The molecule has 98 valence electrons. The highest BCUT2D eigenvalue weighted by Crippen LogP contribution is 2.29. The molecule has 4 nitrogen and oxygen atoms in total. The number of halogens is 2. The zero-order valence-electron chi connectivity index (χ0n) is 9.86. The number of carboxylic acids is 1. The summed E-state index contributed by atoms with van der Waals surface area (Å²) in [6, 6.07) is 4.53. The molecule has 1 aliphatic rings. The van der Waals surface area contributed by atoms with Crippen molar-refractivity contribution in [2.45, 2.75) is 19.3 Å². The van der Waals surface area contributed by atoms with E-state index in [0.717, 1.165) is 30.5 Å². The van der Waals surface area contributed by atoms with Gasteiger partial charge < -0.3 is 5.11 Å². The SMILES string of the molecule is O=C(O)c1nn(-c2ccc(F)c(Br)c2)c2c1CCC2. The van der Waals surface area contributed by atoms with Gasteiger partial charge in [0, 0.05) is 11.3 Å². The van der Waals surface area contributed by atoms with Crippen molar-refractivity contribution < 1.29 is 14.3 Å². The van der Waals surface area contributed by atoms with Crippen molar-refractivity contribution in [3.8, 4) is 5.69 Å². The van der Waals surface area contributed by atoms with E-state index in [1.807, 2.05) is 0 Å². The molecule has 1 aliphatic carbocycles. The summed E-state index contributed by atoms with van der Waals surface area (Å²) in [7, 11) is 0. The highest BCUT2D eigenvalue weighted by Gasteiger charge is 2.26. The first-order valence-electron chi connectivity index (χ1n) is 5.87. The van der Waals surface area contributed by atoms with Crippen LogP contribution in [0, 0.1) is 5.82 Å². The Morgan fingerprint density at radius 2 is 2.21 bits per heavy atom. The first-order chi connectivity index (χ1) is 9.08. The molecular weight excluding hydrogens is 315 g/mol. The van der Waals surface area contributed by atoms with Crippen molar-refractivity contribution in [2.24, 2.45) is 0 Å². The van der Waals surface area contributed by atoms with Gasteiger partial charge in [0.05, 0.1) is 10.2 Å². The van der Waals surface area contributed by atoms with Crippen LogP contribution in [0.1, 0.15) is 28.2 Å². The second-order valence-corrected chi connectivity index (χ2v) is 5.30. The maximum absolute atomic E-state index is 13.3. The molecule has 0 amide bonds. The molecule has 1 aromatic carbocycles. The first-order valence-corrected chi connectivity index (χ1v) is 6.66. The van der Waals surface area contributed by atoms with Crippen LogP contribution in [0.2, 0.25) is 0 Å². The van der Waals surface area contributed by atoms with Crippen LogP contribution in [0.4, 0.5) is 4.39 Å². The van der Waals surface area contributed by atoms with Gasteiger partial charge >= 0.3 is 5.97 Å². The molecule has 0 spiro atoms. The predicted molar refractivity (Wildman–Crippen MR) is 70.2 cm³/mol. The van der Waals surface area contributed by atoms with E-state index < -0.39 is 5.97 Å². The molecule has 1 aromatic heterocycles. The molecule has 0 atom stereocenters. The van der Waals surface area contributed by atoms with Crippen molar-refractivity contribution >= 4 is 21.9 Å². The maximum Gasteiger partial charge on any atom is 0.356 e. The molecule has 3 rings (SSSR count). The van der Waals surface area contributed by atoms with Crippen molar-refractivity contribution in [1.82, 2.24) is 9.78 Å². The molecule has 2 aromatic rings. The fourth-order valence-electron chi connectivity index (χ4n) is 2.44. The Labute approximate surface area is 117 Å². The lowest BCUT2D eigenvalue weighted by Gasteiger charge is -2.06. The van der Waals surface area contributed by atoms with Gasteiger partial charge in [0.25, 0.3) is 0 Å². The third-order valence-corrected chi connectivity index (χ3v) is 3.89. The monoisotopic (exact) mass is 324 g/mol. The quantitative estimate of drug-likeness (QED) is 0.924. The largest absolute Gasteiger partial charge is 0.476 e. The van der Waals surface area contributed by atoms with E-state index in [1.165, 1.54) is 6.07 Å². The molecule has 0 aliphatic heterocycles. The normalized spacial score (nSPS) is 13.6. The lowest BCUT2D eigenvalue weighted by molar-refractivity contribution is 0.0689. The van der Waals surface area contributed by atoms with Crippen molar-refractivity contribution in [1.29, 1.82) is 0 Å². The predicted octanol–water partition coefficient (Wildman–Crippen LogP) is 2.96. The number of rotatable bonds is 2. The van der Waals surface area contributed by atoms with Crippen LogP contribution in [0.3, 0.4) is 0 Å². The fraction of sp³-hybridized carbons (Fsp3) is 0.231. The molecule has 0 bridgehead atoms. The maximum atomic E-state index is 13.3. The standard InChI is InChI=1S/C13H10BrFN2O2/c14-9-6-7(4-5-10(9)15)17-11-3-1-2-8(11)12(16-17)13(18)19/h4-6H,1-3H2,(H,18,19). The number of hydrogen-bond donors (Lipinski definition) is 1. The van der Waals surface area contributed by atoms with Crippen LogP contribution >= 0.6 is 15.9 Å². The van der Waals surface area contributed by atoms with E-state index in [0.29, 0.717) is 10.2 Å². The lowest BCUT2D eigenvalue weighted by Crippen LogP contribution is -2.04. The number of carbonyl (C=O) groups is 1. The van der Waals surface area contributed by atoms with Gasteiger partial charge in [-0.05, 0) is 53.4 Å². The topological polar surface area (TPSA) is 55.1 Å². The lowest BCUT2D eigenvalue weighted by atomic mass is 10.2. The minimum absolute atomic E-state index is 0.105. The Balaban J connectivity index is 2.18. The van der Waals surface area contributed by atoms with E-state index >= 15 is 0 Å². The molecule has 6 heteroatoms. The second-order valence-electron chi connectivity index (χ2n) is 4.44. The summed E-state index contributed by atoms with van der Waals surface area (Å²) in [6.45, 7) is 0. The molecule has 0 saturated heterocycles. The number of fused-ring (bicyclic) bond motifs is 1. The Kier molecular flexibility index (Phi) is 2.89. The average Bonchev–Trinajstić information content (AvgIpc) is 2.93. The zero-order chi connectivity index (χ0) is 13.6. The number of aromatic nitrogens is 2. The Hall–Kier alpha value is -1.69. The highest BCUT2D eigenvalue weighted by molar-refractivity contribution is 9.10. The van der Waals surface area contributed by atoms with Gasteiger partial charge in [0.15, 0.2) is 5.69 Å². The molecule has 0 radical (unpaired) electrons. The van der Waals surface area contributed by atoms with Crippen LogP contribution in [-0.4, -0.2) is 20.9 Å². The summed E-state index contributed by atoms with van der Waals surface area (Å²) in [5.41, 5.74) is 2.48. The van der Waals surface area contributed by atoms with E-state index in [1.54, 1.807) is 16.8 Å². The van der Waals surface area contributed by atoms with E-state index in [4.69, 9.17) is 5.11 Å². The minimum atomic E-state index is -1.02. The van der Waals surface area contributed by atoms with Gasteiger partial charge in [-0.25, -0.2) is 13.9 Å². The first kappa shape index (κ1) is 12.3. The van der Waals surface area contributed by atoms with E-state index in [9.17, 15) is 9.18 Å². The van der Waals surface area contributed by atoms with Gasteiger partial charge in [-0.1, -0.05) is 0 Å². The smallest absolute Gasteiger partial charge is 0.356 e. The Morgan fingerprint density at radius 3 is 2.89 bits per heavy atom. The third-order valence-electron chi connectivity index (χ3n) is 3.28. The summed E-state index contributed by atoms with van der Waals surface area (Å²) in [6.07, 6.45) is 2.46. The van der Waals surface area contributed by atoms with Crippen LogP contribution in [0.15, 0.2) is 22.7 Å². The number of aromatic carboxylic acids is 1. The molecular formula is C13H10BrFN2O2. The van der Waals surface area contributed by atoms with Crippen molar-refractivity contribution in [3.05, 3.63) is 45.4 Å². The van der Waals surface area contributed by atoms with Crippen molar-refractivity contribution in [2.75, 3.05) is 0 Å². The summed E-state index contributed by atoms with van der Waals surface area (Å²) in [4.78, 5) is 11.2. The number of nitrogens with zero attached hydrogens (tertiary/aromatic N) is 2. The van der Waals surface area contributed by atoms with Crippen LogP contribution in [0.25, 0.3) is 5.69 Å². The second kappa shape index (κ2) is 4.45. The Morgan fingerprint density at radius 1 is 1.42 bits per heavy atom. The van der Waals surface area contributed by atoms with E-state index in [-0.39, 0.29) is 11.5 Å². The average molecular weight is 325 g/mol. The van der Waals surface area contributed by atoms with Gasteiger partial charge in [-0.2, -0.15) is 5.10 Å². The molecule has 0 unspecified atom stereocenters. The van der Waals surface area contributed by atoms with Gasteiger partial charge in [0.1, 0.15) is 5.82 Å². The van der Waals surface area contributed by atoms with Crippen molar-refractivity contribution in [3.63, 3.8) is 0 Å². The fourth-order valence-corrected chi connectivity index (χ4v) is 2.81. The van der Waals surface area contributed by atoms with Gasteiger partial charge in [0.2, 0.25) is 0 Å². The van der Waals surface area contributed by atoms with Crippen LogP contribution < -0.4 is 0 Å². The summed E-state index contributed by atoms with van der Waals surface area (Å²) in [5, 5.41) is 13.3. The molecule has 0 fully saturated rings.